The Hall–Kier alpha value is -0.890. The normalized spacial score (nSPS) is 12.6. The molecule has 0 aliphatic rings. The Bertz CT molecular complexity index is 312. The Labute approximate surface area is 104 Å². The smallest absolute Gasteiger partial charge is 0.128 e. The second kappa shape index (κ2) is 8.24. The molecule has 0 radical (unpaired) electrons. The molecule has 96 valence electrons. The van der Waals surface area contributed by atoms with E-state index in [1.165, 1.54) is 31.7 Å². The first-order chi connectivity index (χ1) is 8.25. The van der Waals surface area contributed by atoms with Gasteiger partial charge in [0.15, 0.2) is 0 Å². The van der Waals surface area contributed by atoms with Crippen LogP contribution in [-0.2, 0) is 0 Å². The molecule has 1 atom stereocenters. The maximum Gasteiger partial charge on any atom is 0.128 e. The van der Waals surface area contributed by atoms with Gasteiger partial charge in [-0.1, -0.05) is 63.6 Å². The summed E-state index contributed by atoms with van der Waals surface area (Å²) in [4.78, 5) is 0. The van der Waals surface area contributed by atoms with Gasteiger partial charge in [-0.3, -0.25) is 0 Å². The number of unbranched alkanes of at least 4 members (excludes halogenated alkanes) is 5. The van der Waals surface area contributed by atoms with Crippen molar-refractivity contribution in [2.45, 2.75) is 58.0 Å². The van der Waals surface area contributed by atoms with Gasteiger partial charge in [-0.25, -0.2) is 4.39 Å². The number of halogens is 1. The lowest BCUT2D eigenvalue weighted by molar-refractivity contribution is 0.159. The molecule has 0 aromatic heterocycles. The summed E-state index contributed by atoms with van der Waals surface area (Å²) in [5, 5.41) is 9.86. The predicted molar refractivity (Wildman–Crippen MR) is 69.4 cm³/mol. The fourth-order valence-corrected chi connectivity index (χ4v) is 2.02. The molecule has 1 nitrogen and oxygen atoms in total. The molecule has 1 rings (SSSR count). The van der Waals surface area contributed by atoms with Crippen LogP contribution in [0.5, 0.6) is 0 Å². The summed E-state index contributed by atoms with van der Waals surface area (Å²) in [6.07, 6.45) is 7.14. The third-order valence-electron chi connectivity index (χ3n) is 3.10. The molecule has 0 amide bonds. The van der Waals surface area contributed by atoms with Crippen LogP contribution in [0.2, 0.25) is 0 Å². The lowest BCUT2D eigenvalue weighted by Gasteiger charge is -2.11. The van der Waals surface area contributed by atoms with Crippen molar-refractivity contribution in [2.24, 2.45) is 0 Å². The number of hydrogen-bond donors (Lipinski definition) is 1. The maximum atomic E-state index is 13.4. The zero-order valence-electron chi connectivity index (χ0n) is 10.7. The van der Waals surface area contributed by atoms with Gasteiger partial charge in [0, 0.05) is 5.56 Å². The first kappa shape index (κ1) is 14.2. The fourth-order valence-electron chi connectivity index (χ4n) is 2.02. The molecule has 0 saturated carbocycles. The Morgan fingerprint density at radius 3 is 2.41 bits per heavy atom. The van der Waals surface area contributed by atoms with E-state index in [9.17, 15) is 9.50 Å². The van der Waals surface area contributed by atoms with Gasteiger partial charge in [-0.15, -0.1) is 0 Å². The van der Waals surface area contributed by atoms with Gasteiger partial charge < -0.3 is 5.11 Å². The van der Waals surface area contributed by atoms with E-state index in [-0.39, 0.29) is 5.82 Å². The highest BCUT2D eigenvalue weighted by atomic mass is 19.1. The number of aliphatic hydroxyl groups is 1. The first-order valence-corrected chi connectivity index (χ1v) is 6.68. The van der Waals surface area contributed by atoms with Gasteiger partial charge in [0.05, 0.1) is 6.10 Å². The van der Waals surface area contributed by atoms with Crippen molar-refractivity contribution >= 4 is 0 Å². The average Bonchev–Trinajstić information content (AvgIpc) is 2.34. The molecule has 0 fully saturated rings. The van der Waals surface area contributed by atoms with Gasteiger partial charge in [0.2, 0.25) is 0 Å². The SMILES string of the molecule is CCCCCCCCC(O)c1ccccc1F. The van der Waals surface area contributed by atoms with Crippen molar-refractivity contribution in [3.8, 4) is 0 Å². The summed E-state index contributed by atoms with van der Waals surface area (Å²) >= 11 is 0. The summed E-state index contributed by atoms with van der Waals surface area (Å²) in [6, 6.07) is 6.48. The topological polar surface area (TPSA) is 20.2 Å². The van der Waals surface area contributed by atoms with Crippen LogP contribution < -0.4 is 0 Å². The molecule has 1 N–H and O–H groups in total. The van der Waals surface area contributed by atoms with Crippen LogP contribution in [-0.4, -0.2) is 5.11 Å². The number of rotatable bonds is 8. The summed E-state index contributed by atoms with van der Waals surface area (Å²) in [5.74, 6) is -0.300. The average molecular weight is 238 g/mol. The van der Waals surface area contributed by atoms with E-state index in [0.29, 0.717) is 12.0 Å². The van der Waals surface area contributed by atoms with E-state index in [1.807, 2.05) is 0 Å². The van der Waals surface area contributed by atoms with E-state index in [2.05, 4.69) is 6.92 Å². The van der Waals surface area contributed by atoms with E-state index in [0.717, 1.165) is 12.8 Å². The molecule has 1 aromatic carbocycles. The highest BCUT2D eigenvalue weighted by Crippen LogP contribution is 2.22. The van der Waals surface area contributed by atoms with E-state index in [4.69, 9.17) is 0 Å². The van der Waals surface area contributed by atoms with Gasteiger partial charge >= 0.3 is 0 Å². The van der Waals surface area contributed by atoms with Crippen molar-refractivity contribution in [3.05, 3.63) is 35.6 Å². The molecular formula is C15H23FO. The van der Waals surface area contributed by atoms with Crippen LogP contribution >= 0.6 is 0 Å². The van der Waals surface area contributed by atoms with Crippen LogP contribution in [0.3, 0.4) is 0 Å². The van der Waals surface area contributed by atoms with Gasteiger partial charge in [0.1, 0.15) is 5.82 Å². The van der Waals surface area contributed by atoms with E-state index >= 15 is 0 Å². The standard InChI is InChI=1S/C15H23FO/c1-2-3-4-5-6-7-12-15(17)13-10-8-9-11-14(13)16/h8-11,15,17H,2-7,12H2,1H3. The van der Waals surface area contributed by atoms with Crippen LogP contribution in [0, 0.1) is 5.82 Å². The highest BCUT2D eigenvalue weighted by molar-refractivity contribution is 5.19. The minimum absolute atomic E-state index is 0.300. The molecule has 0 bridgehead atoms. The Kier molecular flexibility index (Phi) is 6.87. The zero-order chi connectivity index (χ0) is 12.5. The van der Waals surface area contributed by atoms with Crippen molar-refractivity contribution < 1.29 is 9.50 Å². The van der Waals surface area contributed by atoms with E-state index in [1.54, 1.807) is 18.2 Å². The predicted octanol–water partition coefficient (Wildman–Crippen LogP) is 4.61. The number of benzene rings is 1. The summed E-state index contributed by atoms with van der Waals surface area (Å²) < 4.78 is 13.4. The Morgan fingerprint density at radius 1 is 1.06 bits per heavy atom. The lowest BCUT2D eigenvalue weighted by Crippen LogP contribution is -2.00. The first-order valence-electron chi connectivity index (χ1n) is 6.68. The molecule has 2 heteroatoms. The monoisotopic (exact) mass is 238 g/mol. The highest BCUT2D eigenvalue weighted by Gasteiger charge is 2.11. The molecule has 0 heterocycles. The second-order valence-electron chi connectivity index (χ2n) is 4.59. The molecule has 1 aromatic rings. The van der Waals surface area contributed by atoms with Crippen LogP contribution in [0.25, 0.3) is 0 Å². The molecule has 0 aliphatic heterocycles. The minimum Gasteiger partial charge on any atom is -0.388 e. The lowest BCUT2D eigenvalue weighted by atomic mass is 10.0. The van der Waals surface area contributed by atoms with Crippen LogP contribution in [0.1, 0.15) is 63.5 Å². The quantitative estimate of drug-likeness (QED) is 0.656. The third-order valence-corrected chi connectivity index (χ3v) is 3.10. The Balaban J connectivity index is 2.21. The second-order valence-corrected chi connectivity index (χ2v) is 4.59. The summed E-state index contributed by atoms with van der Waals surface area (Å²) in [7, 11) is 0. The van der Waals surface area contributed by atoms with Crippen LogP contribution in [0.15, 0.2) is 24.3 Å². The third kappa shape index (κ3) is 5.31. The molecule has 17 heavy (non-hydrogen) atoms. The molecular weight excluding hydrogens is 215 g/mol. The van der Waals surface area contributed by atoms with Crippen molar-refractivity contribution in [3.63, 3.8) is 0 Å². The fraction of sp³-hybridized carbons (Fsp3) is 0.600. The van der Waals surface area contributed by atoms with E-state index < -0.39 is 6.10 Å². The molecule has 0 spiro atoms. The van der Waals surface area contributed by atoms with Gasteiger partial charge in [-0.05, 0) is 12.5 Å². The van der Waals surface area contributed by atoms with Crippen molar-refractivity contribution in [1.29, 1.82) is 0 Å². The van der Waals surface area contributed by atoms with Crippen molar-refractivity contribution in [1.82, 2.24) is 0 Å². The van der Waals surface area contributed by atoms with Crippen LogP contribution in [0.4, 0.5) is 4.39 Å². The van der Waals surface area contributed by atoms with Gasteiger partial charge in [-0.2, -0.15) is 0 Å². The van der Waals surface area contributed by atoms with Crippen molar-refractivity contribution in [2.75, 3.05) is 0 Å². The molecule has 0 saturated heterocycles. The summed E-state index contributed by atoms with van der Waals surface area (Å²) in [5.41, 5.74) is 0.432. The zero-order valence-corrected chi connectivity index (χ0v) is 10.7. The van der Waals surface area contributed by atoms with Gasteiger partial charge in [0.25, 0.3) is 0 Å². The summed E-state index contributed by atoms with van der Waals surface area (Å²) in [6.45, 7) is 2.20. The largest absolute Gasteiger partial charge is 0.388 e. The molecule has 0 aliphatic carbocycles. The minimum atomic E-state index is -0.651. The maximum absolute atomic E-state index is 13.4. The number of hydrogen-bond acceptors (Lipinski definition) is 1. The molecule has 1 unspecified atom stereocenters. The number of aliphatic hydroxyl groups excluding tert-OH is 1. The Morgan fingerprint density at radius 2 is 1.71 bits per heavy atom.